The molecule has 0 fully saturated rings. The van der Waals surface area contributed by atoms with E-state index >= 15 is 0 Å². The molecular formula is C22H21ClN2O3S. The maximum Gasteiger partial charge on any atom is 0.264 e. The van der Waals surface area contributed by atoms with E-state index in [4.69, 9.17) is 11.6 Å². The van der Waals surface area contributed by atoms with Crippen molar-refractivity contribution in [1.29, 1.82) is 0 Å². The zero-order chi connectivity index (χ0) is 21.2. The van der Waals surface area contributed by atoms with Crippen LogP contribution in [0.25, 0.3) is 0 Å². The summed E-state index contributed by atoms with van der Waals surface area (Å²) in [5.74, 6) is -0.310. The number of rotatable bonds is 5. The summed E-state index contributed by atoms with van der Waals surface area (Å²) >= 11 is 5.99. The summed E-state index contributed by atoms with van der Waals surface area (Å²) < 4.78 is 27.2. The fraction of sp³-hybridized carbons (Fsp3) is 0.136. The fourth-order valence-corrected chi connectivity index (χ4v) is 4.49. The van der Waals surface area contributed by atoms with Gasteiger partial charge in [0.1, 0.15) is 0 Å². The largest absolute Gasteiger partial charge is 0.311 e. The Morgan fingerprint density at radius 2 is 1.59 bits per heavy atom. The molecule has 0 aromatic heterocycles. The minimum atomic E-state index is -3.81. The molecule has 3 aromatic rings. The summed E-state index contributed by atoms with van der Waals surface area (Å²) in [6.07, 6.45) is 0. The normalized spacial score (nSPS) is 11.2. The molecule has 5 nitrogen and oxygen atoms in total. The number of nitrogens with zero attached hydrogens (tertiary/aromatic N) is 2. The van der Waals surface area contributed by atoms with Gasteiger partial charge in [-0.1, -0.05) is 35.9 Å². The first-order valence-electron chi connectivity index (χ1n) is 8.90. The van der Waals surface area contributed by atoms with Gasteiger partial charge in [0.2, 0.25) is 0 Å². The van der Waals surface area contributed by atoms with E-state index in [0.717, 1.165) is 5.56 Å². The van der Waals surface area contributed by atoms with Crippen LogP contribution in [-0.2, 0) is 10.0 Å². The lowest BCUT2D eigenvalue weighted by Crippen LogP contribution is -2.29. The molecule has 0 heterocycles. The van der Waals surface area contributed by atoms with Gasteiger partial charge in [0.15, 0.2) is 0 Å². The van der Waals surface area contributed by atoms with Crippen LogP contribution in [0.4, 0.5) is 11.4 Å². The molecular weight excluding hydrogens is 408 g/mol. The first-order valence-corrected chi connectivity index (χ1v) is 10.7. The molecule has 7 heteroatoms. The number of halogens is 1. The fourth-order valence-electron chi connectivity index (χ4n) is 3.02. The van der Waals surface area contributed by atoms with Gasteiger partial charge < -0.3 is 4.90 Å². The standard InChI is InChI=1S/C22H21ClN2O3S/c1-16-14-18(23)12-13-21(16)24(2)22(26)17-8-7-11-20(15-17)29(27,28)25(3)19-9-5-4-6-10-19/h4-15H,1-3H3. The smallest absolute Gasteiger partial charge is 0.264 e. The summed E-state index contributed by atoms with van der Waals surface area (Å²) in [5.41, 5.74) is 2.37. The molecule has 0 bridgehead atoms. The molecule has 29 heavy (non-hydrogen) atoms. The van der Waals surface area contributed by atoms with E-state index in [1.807, 2.05) is 13.0 Å². The SMILES string of the molecule is Cc1cc(Cl)ccc1N(C)C(=O)c1cccc(S(=O)(=O)N(C)c2ccccc2)c1. The molecule has 0 aliphatic rings. The number of amides is 1. The summed E-state index contributed by atoms with van der Waals surface area (Å²) in [6.45, 7) is 1.86. The number of sulfonamides is 1. The Kier molecular flexibility index (Phi) is 5.96. The zero-order valence-corrected chi connectivity index (χ0v) is 17.9. The number of carbonyl (C=O) groups excluding carboxylic acids is 1. The molecule has 0 spiro atoms. The van der Waals surface area contributed by atoms with Crippen molar-refractivity contribution < 1.29 is 13.2 Å². The van der Waals surface area contributed by atoms with Crippen molar-refractivity contribution in [2.45, 2.75) is 11.8 Å². The van der Waals surface area contributed by atoms with Crippen LogP contribution >= 0.6 is 11.6 Å². The summed E-state index contributed by atoms with van der Waals surface area (Å²) in [7, 11) is -0.670. The van der Waals surface area contributed by atoms with E-state index in [2.05, 4.69) is 0 Å². The highest BCUT2D eigenvalue weighted by Crippen LogP contribution is 2.26. The van der Waals surface area contributed by atoms with Crippen LogP contribution in [0.5, 0.6) is 0 Å². The highest BCUT2D eigenvalue weighted by atomic mass is 35.5. The summed E-state index contributed by atoms with van der Waals surface area (Å²) in [6, 6.07) is 20.1. The van der Waals surface area contributed by atoms with Gasteiger partial charge in [0.25, 0.3) is 15.9 Å². The van der Waals surface area contributed by atoms with Crippen LogP contribution in [-0.4, -0.2) is 28.4 Å². The highest BCUT2D eigenvalue weighted by molar-refractivity contribution is 7.92. The van der Waals surface area contributed by atoms with Gasteiger partial charge >= 0.3 is 0 Å². The number of hydrogen-bond acceptors (Lipinski definition) is 3. The van der Waals surface area contributed by atoms with Crippen molar-refractivity contribution in [2.24, 2.45) is 0 Å². The molecule has 0 saturated carbocycles. The molecule has 3 rings (SSSR count). The molecule has 0 radical (unpaired) electrons. The molecule has 3 aromatic carbocycles. The van der Waals surface area contributed by atoms with E-state index in [0.29, 0.717) is 16.4 Å². The van der Waals surface area contributed by atoms with Crippen LogP contribution in [0.3, 0.4) is 0 Å². The second-order valence-corrected chi connectivity index (χ2v) is 9.04. The van der Waals surface area contributed by atoms with Gasteiger partial charge in [-0.15, -0.1) is 0 Å². The summed E-state index contributed by atoms with van der Waals surface area (Å²) in [5, 5.41) is 0.587. The van der Waals surface area contributed by atoms with Crippen molar-refractivity contribution in [3.8, 4) is 0 Å². The summed E-state index contributed by atoms with van der Waals surface area (Å²) in [4.78, 5) is 14.5. The van der Waals surface area contributed by atoms with Crippen molar-refractivity contribution in [1.82, 2.24) is 0 Å². The van der Waals surface area contributed by atoms with E-state index in [-0.39, 0.29) is 16.4 Å². The predicted molar refractivity (Wildman–Crippen MR) is 117 cm³/mol. The lowest BCUT2D eigenvalue weighted by Gasteiger charge is -2.22. The number of benzene rings is 3. The quantitative estimate of drug-likeness (QED) is 0.589. The maximum absolute atomic E-state index is 13.0. The van der Waals surface area contributed by atoms with Gasteiger partial charge in [-0.25, -0.2) is 8.42 Å². The van der Waals surface area contributed by atoms with E-state index < -0.39 is 10.0 Å². The Morgan fingerprint density at radius 1 is 0.897 bits per heavy atom. The monoisotopic (exact) mass is 428 g/mol. The average molecular weight is 429 g/mol. The number of anilines is 2. The van der Waals surface area contributed by atoms with Gasteiger partial charge in [0.05, 0.1) is 10.6 Å². The molecule has 0 atom stereocenters. The predicted octanol–water partition coefficient (Wildman–Crippen LogP) is 4.75. The van der Waals surface area contributed by atoms with Crippen molar-refractivity contribution in [2.75, 3.05) is 23.3 Å². The average Bonchev–Trinajstić information content (AvgIpc) is 2.73. The second kappa shape index (κ2) is 8.27. The molecule has 0 N–H and O–H groups in total. The third-order valence-electron chi connectivity index (χ3n) is 4.68. The van der Waals surface area contributed by atoms with E-state index in [9.17, 15) is 13.2 Å². The van der Waals surface area contributed by atoms with Gasteiger partial charge in [-0.3, -0.25) is 9.10 Å². The van der Waals surface area contributed by atoms with E-state index in [1.165, 1.54) is 28.4 Å². The van der Waals surface area contributed by atoms with Gasteiger partial charge in [-0.2, -0.15) is 0 Å². The Bertz CT molecular complexity index is 1150. The number of aryl methyl sites for hydroxylation is 1. The first kappa shape index (κ1) is 20.9. The number of hydrogen-bond donors (Lipinski definition) is 0. The lowest BCUT2D eigenvalue weighted by molar-refractivity contribution is 0.0992. The van der Waals surface area contributed by atoms with Crippen molar-refractivity contribution >= 4 is 38.9 Å². The maximum atomic E-state index is 13.0. The number of carbonyl (C=O) groups is 1. The van der Waals surface area contributed by atoms with Crippen LogP contribution in [0, 0.1) is 6.92 Å². The Balaban J connectivity index is 1.93. The highest BCUT2D eigenvalue weighted by Gasteiger charge is 2.23. The molecule has 1 amide bonds. The second-order valence-electron chi connectivity index (χ2n) is 6.63. The van der Waals surface area contributed by atoms with Crippen molar-refractivity contribution in [3.63, 3.8) is 0 Å². The minimum absolute atomic E-state index is 0.0518. The molecule has 0 aliphatic heterocycles. The molecule has 0 saturated heterocycles. The van der Waals surface area contributed by atoms with Gasteiger partial charge in [0, 0.05) is 30.4 Å². The third kappa shape index (κ3) is 4.28. The third-order valence-corrected chi connectivity index (χ3v) is 6.70. The Morgan fingerprint density at radius 3 is 2.24 bits per heavy atom. The Labute approximate surface area is 176 Å². The topological polar surface area (TPSA) is 57.7 Å². The molecule has 0 aliphatic carbocycles. The van der Waals surface area contributed by atoms with Gasteiger partial charge in [-0.05, 0) is 61.0 Å². The van der Waals surface area contributed by atoms with E-state index in [1.54, 1.807) is 61.6 Å². The Hall–Kier alpha value is -2.83. The lowest BCUT2D eigenvalue weighted by atomic mass is 10.1. The minimum Gasteiger partial charge on any atom is -0.311 e. The first-order chi connectivity index (χ1) is 13.7. The number of para-hydroxylation sites is 1. The van der Waals surface area contributed by atoms with Crippen LogP contribution in [0.15, 0.2) is 77.7 Å². The van der Waals surface area contributed by atoms with Crippen LogP contribution in [0.2, 0.25) is 5.02 Å². The zero-order valence-electron chi connectivity index (χ0n) is 16.3. The van der Waals surface area contributed by atoms with Crippen LogP contribution in [0.1, 0.15) is 15.9 Å². The van der Waals surface area contributed by atoms with Crippen molar-refractivity contribution in [3.05, 3.63) is 88.9 Å². The molecule has 150 valence electrons. The van der Waals surface area contributed by atoms with Crippen LogP contribution < -0.4 is 9.21 Å². The molecule has 0 unspecified atom stereocenters.